The van der Waals surface area contributed by atoms with Crippen LogP contribution in [0.4, 0.5) is 17.1 Å². The lowest BCUT2D eigenvalue weighted by Gasteiger charge is -2.28. The Morgan fingerprint density at radius 3 is 1.39 bits per heavy atom. The van der Waals surface area contributed by atoms with E-state index in [4.69, 9.17) is 15.0 Å². The predicted molar refractivity (Wildman–Crippen MR) is 299 cm³/mol. The number of anilines is 3. The van der Waals surface area contributed by atoms with Gasteiger partial charge in [0.05, 0.1) is 16.7 Å². The van der Waals surface area contributed by atoms with Crippen molar-refractivity contribution in [3.8, 4) is 73.2 Å². The third-order valence-corrected chi connectivity index (χ3v) is 13.7. The van der Waals surface area contributed by atoms with Crippen molar-refractivity contribution in [2.75, 3.05) is 4.90 Å². The highest BCUT2D eigenvalue weighted by Crippen LogP contribution is 2.44. The highest BCUT2D eigenvalue weighted by Gasteiger charge is 2.23. The lowest BCUT2D eigenvalue weighted by Crippen LogP contribution is -2.11. The first-order valence-corrected chi connectivity index (χ1v) is 24.3. The predicted octanol–water partition coefficient (Wildman–Crippen LogP) is 17.6. The molecular weight excluding hydrogens is 875 g/mol. The molecule has 2 heterocycles. The second kappa shape index (κ2) is 18.3. The molecule has 72 heavy (non-hydrogen) atoms. The van der Waals surface area contributed by atoms with Crippen molar-refractivity contribution in [1.29, 1.82) is 0 Å². The molecule has 0 aliphatic heterocycles. The summed E-state index contributed by atoms with van der Waals surface area (Å²) in [4.78, 5) is 18.3. The van der Waals surface area contributed by atoms with Gasteiger partial charge in [0.15, 0.2) is 11.6 Å². The Morgan fingerprint density at radius 2 is 0.708 bits per heavy atom. The average Bonchev–Trinajstić information content (AvgIpc) is 3.79. The summed E-state index contributed by atoms with van der Waals surface area (Å²) in [5.74, 6) is 1.72. The number of fused-ring (bicyclic) bond motifs is 4. The molecule has 5 heteroatoms. The van der Waals surface area contributed by atoms with Crippen LogP contribution >= 0.6 is 0 Å². The van der Waals surface area contributed by atoms with Crippen LogP contribution in [0.5, 0.6) is 0 Å². The second-order valence-electron chi connectivity index (χ2n) is 18.1. The van der Waals surface area contributed by atoms with Gasteiger partial charge in [0, 0.05) is 38.8 Å². The van der Waals surface area contributed by atoms with Crippen molar-refractivity contribution >= 4 is 49.6 Å². The Labute approximate surface area is 418 Å². The van der Waals surface area contributed by atoms with Crippen molar-refractivity contribution < 1.29 is 0 Å². The van der Waals surface area contributed by atoms with Crippen LogP contribution in [0.1, 0.15) is 0 Å². The minimum atomic E-state index is 0.532. The van der Waals surface area contributed by atoms with Gasteiger partial charge in [-0.15, -0.1) is 0 Å². The summed E-state index contributed by atoms with van der Waals surface area (Å²) in [6, 6.07) is 96.8. The Bertz CT molecular complexity index is 4060. The number of nitrogens with zero attached hydrogens (tertiary/aromatic N) is 5. The quantitative estimate of drug-likeness (QED) is 0.137. The molecule has 0 saturated heterocycles. The fourth-order valence-electron chi connectivity index (χ4n) is 10.1. The Hall–Kier alpha value is -9.71. The van der Waals surface area contributed by atoms with Gasteiger partial charge in [-0.1, -0.05) is 231 Å². The van der Waals surface area contributed by atoms with E-state index in [1.807, 2.05) is 24.3 Å². The van der Waals surface area contributed by atoms with Crippen LogP contribution in [0.2, 0.25) is 0 Å². The molecule has 2 aromatic heterocycles. The summed E-state index contributed by atoms with van der Waals surface area (Å²) in [6.07, 6.45) is 0. The molecule has 0 amide bonds. The molecule has 0 unspecified atom stereocenters. The molecule has 0 spiro atoms. The summed E-state index contributed by atoms with van der Waals surface area (Å²) in [5, 5.41) is 4.64. The average molecular weight is 920 g/mol. The van der Waals surface area contributed by atoms with E-state index in [0.717, 1.165) is 88.9 Å². The number of para-hydroxylation sites is 1. The van der Waals surface area contributed by atoms with Crippen molar-refractivity contribution in [1.82, 2.24) is 19.5 Å². The van der Waals surface area contributed by atoms with Crippen LogP contribution in [0, 0.1) is 0 Å². The third-order valence-electron chi connectivity index (χ3n) is 13.7. The minimum Gasteiger partial charge on any atom is -0.310 e. The topological polar surface area (TPSA) is 46.8 Å². The highest BCUT2D eigenvalue weighted by atomic mass is 15.2. The molecule has 0 aliphatic carbocycles. The first-order chi connectivity index (χ1) is 35.7. The van der Waals surface area contributed by atoms with Gasteiger partial charge in [0.25, 0.3) is 0 Å². The largest absolute Gasteiger partial charge is 0.310 e. The Kier molecular flexibility index (Phi) is 10.8. The molecule has 13 rings (SSSR count). The smallest absolute Gasteiger partial charge is 0.238 e. The zero-order chi connectivity index (χ0) is 47.8. The molecule has 338 valence electrons. The Morgan fingerprint density at radius 1 is 0.278 bits per heavy atom. The number of aromatic nitrogens is 4. The molecule has 0 fully saturated rings. The highest BCUT2D eigenvalue weighted by molar-refractivity contribution is 6.11. The van der Waals surface area contributed by atoms with E-state index in [0.29, 0.717) is 17.6 Å². The van der Waals surface area contributed by atoms with E-state index >= 15 is 0 Å². The van der Waals surface area contributed by atoms with Gasteiger partial charge < -0.3 is 4.90 Å². The molecule has 0 radical (unpaired) electrons. The van der Waals surface area contributed by atoms with Crippen LogP contribution in [0.15, 0.2) is 273 Å². The van der Waals surface area contributed by atoms with Gasteiger partial charge in [-0.2, -0.15) is 9.97 Å². The fourth-order valence-corrected chi connectivity index (χ4v) is 10.1. The maximum Gasteiger partial charge on any atom is 0.238 e. The molecule has 13 aromatic rings. The van der Waals surface area contributed by atoms with E-state index in [-0.39, 0.29) is 0 Å². The summed E-state index contributed by atoms with van der Waals surface area (Å²) >= 11 is 0. The summed E-state index contributed by atoms with van der Waals surface area (Å²) in [7, 11) is 0. The van der Waals surface area contributed by atoms with Crippen LogP contribution < -0.4 is 4.90 Å². The number of rotatable bonds is 10. The summed E-state index contributed by atoms with van der Waals surface area (Å²) in [6.45, 7) is 0. The minimum absolute atomic E-state index is 0.532. The Balaban J connectivity index is 1.04. The van der Waals surface area contributed by atoms with Crippen molar-refractivity contribution in [3.63, 3.8) is 0 Å². The lowest BCUT2D eigenvalue weighted by molar-refractivity contribution is 0.953. The maximum absolute atomic E-state index is 5.41. The van der Waals surface area contributed by atoms with Crippen LogP contribution in [-0.4, -0.2) is 19.5 Å². The fraction of sp³-hybridized carbons (Fsp3) is 0. The second-order valence-corrected chi connectivity index (χ2v) is 18.1. The van der Waals surface area contributed by atoms with E-state index in [2.05, 4.69) is 258 Å². The molecule has 5 nitrogen and oxygen atoms in total. The first kappa shape index (κ1) is 42.4. The summed E-state index contributed by atoms with van der Waals surface area (Å²) in [5.41, 5.74) is 16.0. The lowest BCUT2D eigenvalue weighted by atomic mass is 9.99. The molecular formula is C67H45N5. The van der Waals surface area contributed by atoms with Crippen molar-refractivity contribution in [3.05, 3.63) is 273 Å². The van der Waals surface area contributed by atoms with E-state index in [9.17, 15) is 0 Å². The van der Waals surface area contributed by atoms with Gasteiger partial charge in [-0.3, -0.25) is 4.57 Å². The standard InChI is InChI=1S/C67H45N5/c1-5-17-46(18-6-1)49-29-32-53(33-30-49)66-68-65(52-24-11-4-12-25-52)69-67(70-66)72-63-44-56(47-19-7-2-8-20-47)37-41-60(63)61-42-40-58(45-64(61)72)71(62-28-16-15-27-59(62)51-22-9-3-10-23-51)57-38-35-50(36-39-57)55-34-31-48-21-13-14-26-54(48)43-55/h1-45H. The van der Waals surface area contributed by atoms with E-state index < -0.39 is 0 Å². The normalized spacial score (nSPS) is 11.3. The molecule has 11 aromatic carbocycles. The van der Waals surface area contributed by atoms with Crippen LogP contribution in [0.25, 0.3) is 106 Å². The van der Waals surface area contributed by atoms with Gasteiger partial charge in [0.1, 0.15) is 0 Å². The first-order valence-electron chi connectivity index (χ1n) is 24.3. The van der Waals surface area contributed by atoms with E-state index in [1.54, 1.807) is 0 Å². The molecule has 0 atom stereocenters. The van der Waals surface area contributed by atoms with Gasteiger partial charge >= 0.3 is 0 Å². The number of hydrogen-bond donors (Lipinski definition) is 0. The summed E-state index contributed by atoms with van der Waals surface area (Å²) < 4.78 is 2.24. The molecule has 0 bridgehead atoms. The molecule has 0 saturated carbocycles. The van der Waals surface area contributed by atoms with Gasteiger partial charge in [0.2, 0.25) is 5.95 Å². The zero-order valence-electron chi connectivity index (χ0n) is 39.2. The van der Waals surface area contributed by atoms with E-state index in [1.165, 1.54) is 16.3 Å². The molecule has 0 N–H and O–H groups in total. The van der Waals surface area contributed by atoms with Crippen molar-refractivity contribution in [2.24, 2.45) is 0 Å². The third kappa shape index (κ3) is 7.95. The van der Waals surface area contributed by atoms with Gasteiger partial charge in [-0.05, 0) is 92.2 Å². The van der Waals surface area contributed by atoms with Crippen LogP contribution in [0.3, 0.4) is 0 Å². The van der Waals surface area contributed by atoms with Crippen molar-refractivity contribution in [2.45, 2.75) is 0 Å². The van der Waals surface area contributed by atoms with Gasteiger partial charge in [-0.25, -0.2) is 4.98 Å². The SMILES string of the molecule is c1ccc(-c2ccc(-c3nc(-c4ccccc4)nc(-n4c5cc(-c6ccccc6)ccc5c5ccc(N(c6ccc(-c7ccc8ccccc8c7)cc6)c6ccccc6-c6ccccc6)cc54)n3)cc2)cc1. The number of benzene rings is 11. The monoisotopic (exact) mass is 919 g/mol. The maximum atomic E-state index is 5.41. The van der Waals surface area contributed by atoms with Crippen LogP contribution in [-0.2, 0) is 0 Å². The number of hydrogen-bond acceptors (Lipinski definition) is 4. The molecule has 0 aliphatic rings. The zero-order valence-corrected chi connectivity index (χ0v) is 39.2.